The molecule has 0 aliphatic carbocycles. The highest BCUT2D eigenvalue weighted by molar-refractivity contribution is 7.91. The van der Waals surface area contributed by atoms with Crippen molar-refractivity contribution in [1.29, 1.82) is 0 Å². The number of benzene rings is 1. The zero-order valence-corrected chi connectivity index (χ0v) is 11.4. The van der Waals surface area contributed by atoms with Crippen LogP contribution in [0.5, 0.6) is 0 Å². The van der Waals surface area contributed by atoms with Crippen molar-refractivity contribution >= 4 is 9.84 Å². The van der Waals surface area contributed by atoms with E-state index in [0.29, 0.717) is 6.42 Å². The van der Waals surface area contributed by atoms with E-state index in [2.05, 4.69) is 0 Å². The van der Waals surface area contributed by atoms with Crippen LogP contribution in [-0.4, -0.2) is 19.9 Å². The van der Waals surface area contributed by atoms with Gasteiger partial charge in [0.15, 0.2) is 9.84 Å². The average molecular weight is 271 g/mol. The molecule has 2 rings (SSSR count). The van der Waals surface area contributed by atoms with Gasteiger partial charge >= 0.3 is 0 Å². The summed E-state index contributed by atoms with van der Waals surface area (Å²) in [5.74, 6) is 0.0209. The first-order valence-electron chi connectivity index (χ1n) is 6.03. The van der Waals surface area contributed by atoms with Gasteiger partial charge in [-0.3, -0.25) is 0 Å². The lowest BCUT2D eigenvalue weighted by Gasteiger charge is -2.22. The van der Waals surface area contributed by atoms with Gasteiger partial charge in [-0.15, -0.1) is 0 Å². The maximum absolute atomic E-state index is 13.2. The molecule has 1 aliphatic rings. The molecule has 0 radical (unpaired) electrons. The minimum absolute atomic E-state index is 0.0575. The Hall–Kier alpha value is -0.940. The van der Waals surface area contributed by atoms with E-state index >= 15 is 0 Å². The molecule has 1 saturated heterocycles. The van der Waals surface area contributed by atoms with E-state index in [-0.39, 0.29) is 29.3 Å². The Morgan fingerprint density at radius 1 is 1.33 bits per heavy atom. The van der Waals surface area contributed by atoms with Crippen LogP contribution in [-0.2, 0) is 9.84 Å². The second-order valence-electron chi connectivity index (χ2n) is 5.14. The van der Waals surface area contributed by atoms with Crippen LogP contribution in [0.25, 0.3) is 0 Å². The number of aryl methyl sites for hydroxylation is 2. The normalized spacial score (nSPS) is 24.1. The van der Waals surface area contributed by atoms with Crippen LogP contribution in [0.1, 0.15) is 29.2 Å². The summed E-state index contributed by atoms with van der Waals surface area (Å²) in [6.07, 6.45) is 0.597. The van der Waals surface area contributed by atoms with E-state index in [1.165, 1.54) is 12.1 Å². The monoisotopic (exact) mass is 271 g/mol. The Balaban J connectivity index is 2.33. The largest absolute Gasteiger partial charge is 0.324 e. The highest BCUT2D eigenvalue weighted by atomic mass is 32.2. The van der Waals surface area contributed by atoms with Gasteiger partial charge in [-0.25, -0.2) is 12.8 Å². The number of halogens is 1. The first-order chi connectivity index (χ1) is 8.30. The van der Waals surface area contributed by atoms with E-state index in [1.54, 1.807) is 0 Å². The predicted octanol–water partition coefficient (Wildman–Crippen LogP) is 1.88. The van der Waals surface area contributed by atoms with Crippen molar-refractivity contribution in [2.45, 2.75) is 26.3 Å². The molecule has 1 aliphatic heterocycles. The molecular formula is C13H18FNO2S. The molecule has 0 spiro atoms. The molecule has 2 N–H and O–H groups in total. The highest BCUT2D eigenvalue weighted by Gasteiger charge is 2.33. The smallest absolute Gasteiger partial charge is 0.150 e. The molecule has 0 aromatic heterocycles. The summed E-state index contributed by atoms with van der Waals surface area (Å²) in [5.41, 5.74) is 8.67. The fourth-order valence-electron chi connectivity index (χ4n) is 2.79. The minimum atomic E-state index is -2.94. The quantitative estimate of drug-likeness (QED) is 0.893. The minimum Gasteiger partial charge on any atom is -0.324 e. The van der Waals surface area contributed by atoms with Crippen molar-refractivity contribution in [3.63, 3.8) is 0 Å². The van der Waals surface area contributed by atoms with E-state index in [1.807, 2.05) is 13.8 Å². The number of hydrogen-bond acceptors (Lipinski definition) is 3. The number of hydrogen-bond donors (Lipinski definition) is 1. The molecule has 1 heterocycles. The van der Waals surface area contributed by atoms with Gasteiger partial charge < -0.3 is 5.73 Å². The summed E-state index contributed by atoms with van der Waals surface area (Å²) in [5, 5.41) is 0. The van der Waals surface area contributed by atoms with Crippen molar-refractivity contribution in [1.82, 2.24) is 0 Å². The standard InChI is InChI=1S/C13H18FNO2S/c1-8-5-11(14)6-9(2)12(8)13(15)10-3-4-18(16,17)7-10/h5-6,10,13H,3-4,7,15H2,1-2H3. The molecule has 5 heteroatoms. The number of nitrogens with two attached hydrogens (primary N) is 1. The van der Waals surface area contributed by atoms with E-state index in [0.717, 1.165) is 16.7 Å². The van der Waals surface area contributed by atoms with Crippen LogP contribution >= 0.6 is 0 Å². The van der Waals surface area contributed by atoms with Crippen LogP contribution in [0.15, 0.2) is 12.1 Å². The fourth-order valence-corrected chi connectivity index (χ4v) is 4.65. The molecule has 18 heavy (non-hydrogen) atoms. The number of rotatable bonds is 2. The van der Waals surface area contributed by atoms with Gasteiger partial charge in [-0.2, -0.15) is 0 Å². The van der Waals surface area contributed by atoms with Gasteiger partial charge in [0.1, 0.15) is 5.82 Å². The molecule has 0 saturated carbocycles. The second-order valence-corrected chi connectivity index (χ2v) is 7.37. The molecule has 100 valence electrons. The lowest BCUT2D eigenvalue weighted by atomic mass is 9.88. The first kappa shape index (κ1) is 13.5. The van der Waals surface area contributed by atoms with Crippen molar-refractivity contribution in [2.75, 3.05) is 11.5 Å². The van der Waals surface area contributed by atoms with Crippen molar-refractivity contribution in [3.05, 3.63) is 34.6 Å². The summed E-state index contributed by atoms with van der Waals surface area (Å²) in [6, 6.07) is 2.57. The van der Waals surface area contributed by atoms with Gasteiger partial charge in [0.25, 0.3) is 0 Å². The van der Waals surface area contributed by atoms with Gasteiger partial charge in [0.2, 0.25) is 0 Å². The lowest BCUT2D eigenvalue weighted by molar-refractivity contribution is 0.475. The molecule has 1 aromatic carbocycles. The van der Waals surface area contributed by atoms with Crippen LogP contribution in [0.3, 0.4) is 0 Å². The topological polar surface area (TPSA) is 60.2 Å². The zero-order valence-electron chi connectivity index (χ0n) is 10.6. The summed E-state index contributed by atoms with van der Waals surface area (Å²) < 4.78 is 36.2. The summed E-state index contributed by atoms with van der Waals surface area (Å²) >= 11 is 0. The van der Waals surface area contributed by atoms with Crippen molar-refractivity contribution in [2.24, 2.45) is 11.7 Å². The van der Waals surface area contributed by atoms with Crippen LogP contribution in [0, 0.1) is 25.6 Å². The van der Waals surface area contributed by atoms with Crippen LogP contribution in [0.2, 0.25) is 0 Å². The third-order valence-corrected chi connectivity index (χ3v) is 5.46. The van der Waals surface area contributed by atoms with E-state index < -0.39 is 9.84 Å². The predicted molar refractivity (Wildman–Crippen MR) is 69.6 cm³/mol. The summed E-state index contributed by atoms with van der Waals surface area (Å²) in [7, 11) is -2.94. The maximum atomic E-state index is 13.2. The van der Waals surface area contributed by atoms with E-state index in [9.17, 15) is 12.8 Å². The Kier molecular flexibility index (Phi) is 3.47. The molecule has 0 bridgehead atoms. The molecule has 2 atom stereocenters. The third kappa shape index (κ3) is 2.57. The van der Waals surface area contributed by atoms with Gasteiger partial charge in [-0.1, -0.05) is 0 Å². The van der Waals surface area contributed by atoms with Crippen LogP contribution < -0.4 is 5.73 Å². The molecule has 2 unspecified atom stereocenters. The SMILES string of the molecule is Cc1cc(F)cc(C)c1C(N)C1CCS(=O)(=O)C1. The Morgan fingerprint density at radius 3 is 2.33 bits per heavy atom. The first-order valence-corrected chi connectivity index (χ1v) is 7.85. The zero-order chi connectivity index (χ0) is 13.5. The van der Waals surface area contributed by atoms with Crippen LogP contribution in [0.4, 0.5) is 4.39 Å². The van der Waals surface area contributed by atoms with Gasteiger partial charge in [-0.05, 0) is 55.0 Å². The van der Waals surface area contributed by atoms with Crippen molar-refractivity contribution in [3.8, 4) is 0 Å². The fraction of sp³-hybridized carbons (Fsp3) is 0.538. The van der Waals surface area contributed by atoms with E-state index in [4.69, 9.17) is 5.73 Å². The Morgan fingerprint density at radius 2 is 1.89 bits per heavy atom. The van der Waals surface area contributed by atoms with Crippen molar-refractivity contribution < 1.29 is 12.8 Å². The number of sulfone groups is 1. The van der Waals surface area contributed by atoms with Gasteiger partial charge in [0, 0.05) is 6.04 Å². The molecule has 3 nitrogen and oxygen atoms in total. The summed E-state index contributed by atoms with van der Waals surface area (Å²) in [6.45, 7) is 3.63. The summed E-state index contributed by atoms with van der Waals surface area (Å²) in [4.78, 5) is 0. The Bertz CT molecular complexity index is 545. The Labute approximate surface area is 107 Å². The average Bonchev–Trinajstić information content (AvgIpc) is 2.57. The highest BCUT2D eigenvalue weighted by Crippen LogP contribution is 2.33. The molecular weight excluding hydrogens is 253 g/mol. The molecule has 1 fully saturated rings. The lowest BCUT2D eigenvalue weighted by Crippen LogP contribution is -2.24. The second kappa shape index (κ2) is 4.63. The molecule has 0 amide bonds. The third-order valence-electron chi connectivity index (χ3n) is 3.67. The maximum Gasteiger partial charge on any atom is 0.150 e. The van der Waals surface area contributed by atoms with Gasteiger partial charge in [0.05, 0.1) is 11.5 Å². The molecule has 1 aromatic rings.